The number of likely N-dealkylation sites (tertiary alicyclic amines) is 1. The summed E-state index contributed by atoms with van der Waals surface area (Å²) in [5.74, 6) is 0.729. The van der Waals surface area contributed by atoms with Gasteiger partial charge in [0, 0.05) is 29.8 Å². The smallest absolute Gasteiger partial charge is 0.221 e. The maximum absolute atomic E-state index is 11.4. The Morgan fingerprint density at radius 1 is 1.34 bits per heavy atom. The number of carbonyl (C=O) groups excluding carboxylic acids is 1. The van der Waals surface area contributed by atoms with Crippen LogP contribution in [0.1, 0.15) is 33.1 Å². The van der Waals surface area contributed by atoms with Crippen LogP contribution >= 0.6 is 35.7 Å². The fourth-order valence-electron chi connectivity index (χ4n) is 3.33. The molecule has 0 radical (unpaired) electrons. The molecule has 0 aliphatic carbocycles. The first-order valence-electron chi connectivity index (χ1n) is 10.3. The van der Waals surface area contributed by atoms with E-state index in [1.54, 1.807) is 0 Å². The lowest BCUT2D eigenvalue weighted by molar-refractivity contribution is -0.123. The molecule has 1 aromatic rings. The summed E-state index contributed by atoms with van der Waals surface area (Å²) >= 11 is 1.85. The van der Waals surface area contributed by atoms with Crippen molar-refractivity contribution in [3.63, 3.8) is 0 Å². The van der Waals surface area contributed by atoms with Crippen molar-refractivity contribution in [2.75, 3.05) is 39.3 Å². The average Bonchev–Trinajstić information content (AvgIpc) is 2.70. The quantitative estimate of drug-likeness (QED) is 0.142. The first-order chi connectivity index (χ1) is 13.6. The number of halogens is 1. The van der Waals surface area contributed by atoms with Crippen molar-refractivity contribution in [1.29, 1.82) is 0 Å². The van der Waals surface area contributed by atoms with Gasteiger partial charge in [0.05, 0.1) is 12.5 Å². The van der Waals surface area contributed by atoms with Crippen LogP contribution in [0.2, 0.25) is 0 Å². The van der Waals surface area contributed by atoms with Gasteiger partial charge in [-0.3, -0.25) is 9.79 Å². The summed E-state index contributed by atoms with van der Waals surface area (Å²) < 4.78 is 0. The number of thioether (sulfide) groups is 1. The molecule has 4 N–H and O–H groups in total. The molecule has 0 saturated carbocycles. The number of carbonyl (C=O) groups is 1. The third-order valence-electron chi connectivity index (χ3n) is 4.78. The third-order valence-corrected chi connectivity index (χ3v) is 5.88. The number of nitrogens with one attached hydrogen (secondary N) is 2. The monoisotopic (exact) mass is 533 g/mol. The summed E-state index contributed by atoms with van der Waals surface area (Å²) in [7, 11) is 0. The zero-order valence-electron chi connectivity index (χ0n) is 17.6. The molecule has 164 valence electrons. The number of hydrogen-bond acceptors (Lipinski definition) is 4. The van der Waals surface area contributed by atoms with Crippen molar-refractivity contribution in [2.24, 2.45) is 16.6 Å². The fraction of sp³-hybridized carbons (Fsp3) is 0.619. The van der Waals surface area contributed by atoms with Gasteiger partial charge in [0.15, 0.2) is 5.96 Å². The van der Waals surface area contributed by atoms with Crippen molar-refractivity contribution in [1.82, 2.24) is 15.5 Å². The number of nitrogens with two attached hydrogens (primary N) is 1. The van der Waals surface area contributed by atoms with Gasteiger partial charge in [0.25, 0.3) is 0 Å². The van der Waals surface area contributed by atoms with Gasteiger partial charge in [-0.1, -0.05) is 25.1 Å². The van der Waals surface area contributed by atoms with Gasteiger partial charge >= 0.3 is 0 Å². The highest BCUT2D eigenvalue weighted by Gasteiger charge is 2.23. The van der Waals surface area contributed by atoms with Gasteiger partial charge in [-0.25, -0.2) is 0 Å². The molecule has 6 nitrogen and oxygen atoms in total. The number of guanidine groups is 1. The molecule has 29 heavy (non-hydrogen) atoms. The van der Waals surface area contributed by atoms with E-state index in [1.165, 1.54) is 4.90 Å². The van der Waals surface area contributed by atoms with E-state index in [1.807, 2.05) is 17.8 Å². The molecule has 1 saturated heterocycles. The first-order valence-corrected chi connectivity index (χ1v) is 11.2. The Morgan fingerprint density at radius 3 is 2.79 bits per heavy atom. The SMILES string of the molecule is CCNC(=NCC(C)Sc1ccccc1)NCCCN1CCCC(C(N)=O)C1.I. The van der Waals surface area contributed by atoms with Gasteiger partial charge < -0.3 is 21.3 Å². The summed E-state index contributed by atoms with van der Waals surface area (Å²) in [4.78, 5) is 19.7. The molecule has 1 fully saturated rings. The standard InChI is InChI=1S/C21H35N5OS.HI/c1-3-23-21(25-15-17(2)28-19-10-5-4-6-11-19)24-12-8-14-26-13-7-9-18(16-26)20(22)27;/h4-6,10-11,17-18H,3,7-9,12-16H2,1-2H3,(H2,22,27)(H2,23,24,25);1H. The lowest BCUT2D eigenvalue weighted by atomic mass is 9.97. The Labute approximate surface area is 196 Å². The highest BCUT2D eigenvalue weighted by Crippen LogP contribution is 2.22. The molecule has 2 unspecified atom stereocenters. The van der Waals surface area contributed by atoms with Crippen LogP contribution in [-0.4, -0.2) is 61.3 Å². The van der Waals surface area contributed by atoms with Crippen molar-refractivity contribution < 1.29 is 4.79 Å². The van der Waals surface area contributed by atoms with Crippen LogP contribution in [0, 0.1) is 5.92 Å². The summed E-state index contributed by atoms with van der Waals surface area (Å²) in [6.45, 7) is 9.61. The maximum Gasteiger partial charge on any atom is 0.221 e. The summed E-state index contributed by atoms with van der Waals surface area (Å²) in [6, 6.07) is 10.4. The number of nitrogens with zero attached hydrogens (tertiary/aromatic N) is 2. The fourth-order valence-corrected chi connectivity index (χ4v) is 4.26. The Balaban J connectivity index is 0.00000420. The molecule has 1 heterocycles. The highest BCUT2D eigenvalue weighted by atomic mass is 127. The average molecular weight is 534 g/mol. The minimum atomic E-state index is -0.160. The van der Waals surface area contributed by atoms with Crippen molar-refractivity contribution >= 4 is 47.6 Å². The Morgan fingerprint density at radius 2 is 2.10 bits per heavy atom. The zero-order chi connectivity index (χ0) is 20.2. The molecule has 2 rings (SSSR count). The molecule has 8 heteroatoms. The number of rotatable bonds is 10. The normalized spacial score (nSPS) is 18.6. The van der Waals surface area contributed by atoms with Crippen LogP contribution in [0.15, 0.2) is 40.2 Å². The predicted molar refractivity (Wildman–Crippen MR) is 134 cm³/mol. The molecule has 0 aromatic heterocycles. The van der Waals surface area contributed by atoms with Crippen LogP contribution < -0.4 is 16.4 Å². The topological polar surface area (TPSA) is 82.8 Å². The van der Waals surface area contributed by atoms with Crippen molar-refractivity contribution in [2.45, 2.75) is 43.3 Å². The first kappa shape index (κ1) is 26.0. The minimum Gasteiger partial charge on any atom is -0.369 e. The van der Waals surface area contributed by atoms with Gasteiger partial charge in [0.1, 0.15) is 0 Å². The van der Waals surface area contributed by atoms with Crippen LogP contribution in [0.25, 0.3) is 0 Å². The molecular weight excluding hydrogens is 497 g/mol. The molecule has 2 atom stereocenters. The number of amides is 1. The van der Waals surface area contributed by atoms with E-state index < -0.39 is 0 Å². The largest absolute Gasteiger partial charge is 0.369 e. The van der Waals surface area contributed by atoms with Crippen LogP contribution in [0.4, 0.5) is 0 Å². The third kappa shape index (κ3) is 10.5. The van der Waals surface area contributed by atoms with Crippen LogP contribution in [-0.2, 0) is 4.79 Å². The molecule has 0 spiro atoms. The van der Waals surface area contributed by atoms with Gasteiger partial charge in [0.2, 0.25) is 5.91 Å². The van der Waals surface area contributed by atoms with Crippen molar-refractivity contribution in [3.05, 3.63) is 30.3 Å². The molecular formula is C21H36IN5OS. The van der Waals surface area contributed by atoms with E-state index in [0.717, 1.165) is 64.5 Å². The van der Waals surface area contributed by atoms with E-state index in [-0.39, 0.29) is 35.8 Å². The molecule has 0 bridgehead atoms. The molecule has 1 aromatic carbocycles. The summed E-state index contributed by atoms with van der Waals surface area (Å²) in [5, 5.41) is 7.16. The van der Waals surface area contributed by atoms with Gasteiger partial charge in [-0.2, -0.15) is 0 Å². The zero-order valence-corrected chi connectivity index (χ0v) is 20.7. The molecule has 1 amide bonds. The number of aliphatic imine (C=N–C) groups is 1. The van der Waals surface area contributed by atoms with E-state index in [2.05, 4.69) is 53.6 Å². The Bertz CT molecular complexity index is 616. The summed E-state index contributed by atoms with van der Waals surface area (Å²) in [6.07, 6.45) is 3.01. The van der Waals surface area contributed by atoms with Crippen LogP contribution in [0.3, 0.4) is 0 Å². The van der Waals surface area contributed by atoms with Crippen molar-refractivity contribution in [3.8, 4) is 0 Å². The number of benzene rings is 1. The number of piperidine rings is 1. The van der Waals surface area contributed by atoms with Crippen LogP contribution in [0.5, 0.6) is 0 Å². The van der Waals surface area contributed by atoms with E-state index in [4.69, 9.17) is 10.7 Å². The predicted octanol–water partition coefficient (Wildman–Crippen LogP) is 2.93. The second-order valence-corrected chi connectivity index (χ2v) is 8.80. The lowest BCUT2D eigenvalue weighted by Gasteiger charge is -2.31. The second kappa shape index (κ2) is 14.9. The molecule has 1 aliphatic rings. The van der Waals surface area contributed by atoms with Gasteiger partial charge in [-0.15, -0.1) is 35.7 Å². The number of primary amides is 1. The highest BCUT2D eigenvalue weighted by molar-refractivity contribution is 14.0. The second-order valence-electron chi connectivity index (χ2n) is 7.28. The van der Waals surface area contributed by atoms with E-state index in [9.17, 15) is 4.79 Å². The molecule has 1 aliphatic heterocycles. The Hall–Kier alpha value is -1.00. The minimum absolute atomic E-state index is 0. The Kier molecular flexibility index (Phi) is 13.4. The lowest BCUT2D eigenvalue weighted by Crippen LogP contribution is -2.43. The number of hydrogen-bond donors (Lipinski definition) is 3. The van der Waals surface area contributed by atoms with E-state index >= 15 is 0 Å². The maximum atomic E-state index is 11.4. The van der Waals surface area contributed by atoms with Gasteiger partial charge in [-0.05, 0) is 51.4 Å². The van der Waals surface area contributed by atoms with E-state index in [0.29, 0.717) is 5.25 Å². The summed E-state index contributed by atoms with van der Waals surface area (Å²) in [5.41, 5.74) is 5.46.